The highest BCUT2D eigenvalue weighted by Crippen LogP contribution is 2.24. The summed E-state index contributed by atoms with van der Waals surface area (Å²) in [5.74, 6) is -0.326. The number of amides is 2. The second kappa shape index (κ2) is 8.32. The van der Waals surface area contributed by atoms with Crippen LogP contribution in [0.1, 0.15) is 28.8 Å². The standard InChI is InChI=1S/C23H21ClN2O4/c1-14-12-21(27)30-20-13-18(6-7-19(14)20)25-22(28)15-8-10-26(11-9-15)23(29)16-2-4-17(24)5-3-16/h2-7,12-13,15H,8-11H2,1H3,(H,25,28). The van der Waals surface area contributed by atoms with Gasteiger partial charge in [0.25, 0.3) is 5.91 Å². The lowest BCUT2D eigenvalue weighted by molar-refractivity contribution is -0.121. The highest BCUT2D eigenvalue weighted by atomic mass is 35.5. The molecule has 0 unspecified atom stereocenters. The zero-order valence-corrected chi connectivity index (χ0v) is 17.2. The summed E-state index contributed by atoms with van der Waals surface area (Å²) < 4.78 is 5.24. The molecule has 4 rings (SSSR count). The molecule has 0 saturated carbocycles. The van der Waals surface area contributed by atoms with Crippen molar-refractivity contribution < 1.29 is 14.0 Å². The zero-order chi connectivity index (χ0) is 21.3. The molecule has 1 saturated heterocycles. The van der Waals surface area contributed by atoms with Crippen LogP contribution in [0.15, 0.2) is 57.7 Å². The van der Waals surface area contributed by atoms with Gasteiger partial charge in [0, 0.05) is 52.8 Å². The van der Waals surface area contributed by atoms with Crippen LogP contribution >= 0.6 is 11.6 Å². The van der Waals surface area contributed by atoms with E-state index in [-0.39, 0.29) is 17.7 Å². The van der Waals surface area contributed by atoms with Crippen LogP contribution in [-0.2, 0) is 4.79 Å². The van der Waals surface area contributed by atoms with Crippen molar-refractivity contribution in [3.8, 4) is 0 Å². The minimum Gasteiger partial charge on any atom is -0.423 e. The molecule has 2 aromatic carbocycles. The van der Waals surface area contributed by atoms with Crippen molar-refractivity contribution >= 4 is 40.1 Å². The lowest BCUT2D eigenvalue weighted by Gasteiger charge is -2.31. The molecule has 154 valence electrons. The van der Waals surface area contributed by atoms with Crippen molar-refractivity contribution in [1.29, 1.82) is 0 Å². The summed E-state index contributed by atoms with van der Waals surface area (Å²) in [4.78, 5) is 38.7. The molecule has 3 aromatic rings. The van der Waals surface area contributed by atoms with Gasteiger partial charge in [-0.1, -0.05) is 11.6 Å². The Hall–Kier alpha value is -3.12. The van der Waals surface area contributed by atoms with Crippen molar-refractivity contribution in [2.75, 3.05) is 18.4 Å². The summed E-state index contributed by atoms with van der Waals surface area (Å²) in [6, 6.07) is 13.6. The van der Waals surface area contributed by atoms with Gasteiger partial charge in [-0.25, -0.2) is 4.79 Å². The summed E-state index contributed by atoms with van der Waals surface area (Å²) >= 11 is 5.88. The van der Waals surface area contributed by atoms with Gasteiger partial charge in [0.2, 0.25) is 5.91 Å². The first-order chi connectivity index (χ1) is 14.4. The fourth-order valence-corrected chi connectivity index (χ4v) is 3.89. The van der Waals surface area contributed by atoms with E-state index in [4.69, 9.17) is 16.0 Å². The van der Waals surface area contributed by atoms with Crippen molar-refractivity contribution in [2.24, 2.45) is 5.92 Å². The molecular weight excluding hydrogens is 404 g/mol. The van der Waals surface area contributed by atoms with Crippen molar-refractivity contribution in [1.82, 2.24) is 4.90 Å². The topological polar surface area (TPSA) is 79.6 Å². The molecule has 30 heavy (non-hydrogen) atoms. The van der Waals surface area contributed by atoms with Gasteiger partial charge in [0.1, 0.15) is 5.58 Å². The number of anilines is 1. The molecule has 1 aliphatic rings. The van der Waals surface area contributed by atoms with E-state index in [1.807, 2.05) is 13.0 Å². The number of carbonyl (C=O) groups is 2. The number of carbonyl (C=O) groups excluding carboxylic acids is 2. The first-order valence-corrected chi connectivity index (χ1v) is 10.2. The quantitative estimate of drug-likeness (QED) is 0.637. The maximum atomic E-state index is 12.7. The maximum absolute atomic E-state index is 12.7. The first kappa shape index (κ1) is 20.2. The zero-order valence-electron chi connectivity index (χ0n) is 16.5. The van der Waals surface area contributed by atoms with Crippen LogP contribution in [-0.4, -0.2) is 29.8 Å². The predicted octanol–water partition coefficient (Wildman–Crippen LogP) is 4.25. The molecule has 1 aliphatic heterocycles. The predicted molar refractivity (Wildman–Crippen MR) is 116 cm³/mol. The monoisotopic (exact) mass is 424 g/mol. The molecule has 2 amide bonds. The van der Waals surface area contributed by atoms with E-state index in [0.29, 0.717) is 47.8 Å². The van der Waals surface area contributed by atoms with Gasteiger partial charge in [-0.3, -0.25) is 9.59 Å². The molecule has 7 heteroatoms. The van der Waals surface area contributed by atoms with E-state index in [1.54, 1.807) is 41.3 Å². The molecule has 0 radical (unpaired) electrons. The van der Waals surface area contributed by atoms with Crippen LogP contribution in [0.25, 0.3) is 11.0 Å². The number of piperidine rings is 1. The van der Waals surface area contributed by atoms with E-state index in [9.17, 15) is 14.4 Å². The van der Waals surface area contributed by atoms with Crippen LogP contribution in [0.3, 0.4) is 0 Å². The SMILES string of the molecule is Cc1cc(=O)oc2cc(NC(=O)C3CCN(C(=O)c4ccc(Cl)cc4)CC3)ccc12. The third-order valence-electron chi connectivity index (χ3n) is 5.46. The number of halogens is 1. The average molecular weight is 425 g/mol. The van der Waals surface area contributed by atoms with Gasteiger partial charge in [-0.05, 0) is 61.7 Å². The molecule has 0 aliphatic carbocycles. The highest BCUT2D eigenvalue weighted by Gasteiger charge is 2.28. The smallest absolute Gasteiger partial charge is 0.336 e. The number of hydrogen-bond acceptors (Lipinski definition) is 4. The Balaban J connectivity index is 1.38. The average Bonchev–Trinajstić information content (AvgIpc) is 2.73. The molecule has 6 nitrogen and oxygen atoms in total. The molecule has 0 bridgehead atoms. The third-order valence-corrected chi connectivity index (χ3v) is 5.72. The van der Waals surface area contributed by atoms with E-state index >= 15 is 0 Å². The molecule has 0 spiro atoms. The van der Waals surface area contributed by atoms with Crippen molar-refractivity contribution in [3.63, 3.8) is 0 Å². The summed E-state index contributed by atoms with van der Waals surface area (Å²) in [6.45, 7) is 2.88. The van der Waals surface area contributed by atoms with Crippen LogP contribution in [0.5, 0.6) is 0 Å². The minimum absolute atomic E-state index is 0.0505. The van der Waals surface area contributed by atoms with Gasteiger partial charge >= 0.3 is 5.63 Å². The van der Waals surface area contributed by atoms with Gasteiger partial charge in [-0.15, -0.1) is 0 Å². The van der Waals surface area contributed by atoms with Gasteiger partial charge in [-0.2, -0.15) is 0 Å². The largest absolute Gasteiger partial charge is 0.423 e. The van der Waals surface area contributed by atoms with Crippen LogP contribution < -0.4 is 10.9 Å². The number of fused-ring (bicyclic) bond motifs is 1. The normalized spacial score (nSPS) is 14.7. The number of benzene rings is 2. The Morgan fingerprint density at radius 2 is 1.77 bits per heavy atom. The van der Waals surface area contributed by atoms with Gasteiger partial charge in [0.15, 0.2) is 0 Å². The van der Waals surface area contributed by atoms with Crippen LogP contribution in [0, 0.1) is 12.8 Å². The molecular formula is C23H21ClN2O4. The molecule has 2 heterocycles. The second-order valence-electron chi connectivity index (χ2n) is 7.52. The fraction of sp³-hybridized carbons (Fsp3) is 0.261. The number of rotatable bonds is 3. The Morgan fingerprint density at radius 3 is 2.47 bits per heavy atom. The van der Waals surface area contributed by atoms with Gasteiger partial charge in [0.05, 0.1) is 0 Å². The molecule has 0 atom stereocenters. The summed E-state index contributed by atoms with van der Waals surface area (Å²) in [7, 11) is 0. The number of hydrogen-bond donors (Lipinski definition) is 1. The Kier molecular flexibility index (Phi) is 5.59. The minimum atomic E-state index is -0.416. The Morgan fingerprint density at radius 1 is 1.07 bits per heavy atom. The van der Waals surface area contributed by atoms with Crippen LogP contribution in [0.4, 0.5) is 5.69 Å². The molecule has 1 aromatic heterocycles. The molecule has 1 N–H and O–H groups in total. The van der Waals surface area contributed by atoms with E-state index in [0.717, 1.165) is 10.9 Å². The van der Waals surface area contributed by atoms with E-state index in [1.165, 1.54) is 6.07 Å². The lowest BCUT2D eigenvalue weighted by Crippen LogP contribution is -2.41. The number of likely N-dealkylation sites (tertiary alicyclic amines) is 1. The summed E-state index contributed by atoms with van der Waals surface area (Å²) in [5, 5.41) is 4.33. The number of aryl methyl sites for hydroxylation is 1. The lowest BCUT2D eigenvalue weighted by atomic mass is 9.95. The van der Waals surface area contributed by atoms with Crippen LogP contribution in [0.2, 0.25) is 5.02 Å². The van der Waals surface area contributed by atoms with Crippen molar-refractivity contribution in [2.45, 2.75) is 19.8 Å². The fourth-order valence-electron chi connectivity index (χ4n) is 3.77. The van der Waals surface area contributed by atoms with E-state index in [2.05, 4.69) is 5.32 Å². The highest BCUT2D eigenvalue weighted by molar-refractivity contribution is 6.30. The first-order valence-electron chi connectivity index (χ1n) is 9.81. The second-order valence-corrected chi connectivity index (χ2v) is 7.96. The van der Waals surface area contributed by atoms with Gasteiger partial charge < -0.3 is 14.6 Å². The number of nitrogens with one attached hydrogen (secondary N) is 1. The van der Waals surface area contributed by atoms with Crippen molar-refractivity contribution in [3.05, 3.63) is 75.1 Å². The Bertz CT molecular complexity index is 1160. The third kappa shape index (κ3) is 4.24. The number of nitrogens with zero attached hydrogens (tertiary/aromatic N) is 1. The Labute approximate surface area is 178 Å². The van der Waals surface area contributed by atoms with E-state index < -0.39 is 5.63 Å². The molecule has 1 fully saturated rings. The summed E-state index contributed by atoms with van der Waals surface area (Å²) in [5.41, 5.74) is 2.04. The summed E-state index contributed by atoms with van der Waals surface area (Å²) in [6.07, 6.45) is 1.18. The maximum Gasteiger partial charge on any atom is 0.336 e.